The lowest BCUT2D eigenvalue weighted by atomic mass is 9.20. The molecule has 4 heteroatoms. The first-order valence-electron chi connectivity index (χ1n) is 36.4. The minimum atomic E-state index is 0.441. The Balaban J connectivity index is 0.735. The first kappa shape index (κ1) is 54.9. The van der Waals surface area contributed by atoms with E-state index in [1.807, 2.05) is 0 Å². The molecule has 2 aliphatic heterocycles. The number of fused-ring (bicyclic) bond motifs is 4. The second-order valence-corrected chi connectivity index (χ2v) is 35.1. The van der Waals surface area contributed by atoms with Gasteiger partial charge in [0.2, 0.25) is 0 Å². The molecule has 2 heterocycles. The molecule has 0 bridgehead atoms. The Bertz CT molecular complexity index is 1870. The van der Waals surface area contributed by atoms with Gasteiger partial charge in [-0.15, -0.1) is 0 Å². The molecule has 13 unspecified atom stereocenters. The van der Waals surface area contributed by atoms with Crippen molar-refractivity contribution < 1.29 is 9.47 Å². The summed E-state index contributed by atoms with van der Waals surface area (Å²) in [6.45, 7) is 18.0. The zero-order chi connectivity index (χ0) is 52.2. The molecule has 77 heavy (non-hydrogen) atoms. The SMILES string of the molecule is CC(C)(C)C1CC2CC[C@@H]3CC(C(C)(C)C)C[C@@H]4CC([C@H]5CC[C@H]6OC7CC(CN(C8CCC(C9CCCCC9)CC8)C8CCC(C9CCCCC9)CC8)CC8OC9CCC(C%10CCCCC%10)C[C@H]9B(C6C5)[C@H]87)C(C1)C2C34. The van der Waals surface area contributed by atoms with Crippen LogP contribution in [0.3, 0.4) is 0 Å². The molecule has 0 spiro atoms. The second kappa shape index (κ2) is 22.7. The molecule has 0 amide bonds. The van der Waals surface area contributed by atoms with Crippen molar-refractivity contribution in [2.24, 2.45) is 111 Å². The predicted molar refractivity (Wildman–Crippen MR) is 322 cm³/mol. The zero-order valence-electron chi connectivity index (χ0n) is 51.4. The van der Waals surface area contributed by atoms with Crippen LogP contribution in [0.2, 0.25) is 17.5 Å². The summed E-state index contributed by atoms with van der Waals surface area (Å²) in [5.74, 6) is 19.0. The van der Waals surface area contributed by atoms with Crippen LogP contribution >= 0.6 is 0 Å². The molecule has 0 N–H and O–H groups in total. The minimum absolute atomic E-state index is 0.441. The molecule has 14 rings (SSSR count). The standard InChI is InChI=1S/C73H122BNO2/c1-72(2,3)57-38-54-22-23-55-39-58(73(4,5)6)44-62-61(41-56(40-57)69(54)70(55)62)53-29-35-66-64(43-53)74-63-42-52(49-20-14-9-15-21-49)28-34-65(63)76-67-36-46(37-68(77-66)71(67)74)45-75(59-30-24-50(25-31-59)47-16-10-7-11-17-47)60-32-26-51(27-33-60)48-18-12-8-13-19-48/h46-71H,7-45H2,1-6H3/t46?,50?,51?,52?,53-,54+,55?,56+,57?,58?,59?,60?,61?,62?,63+,64?,65?,66+,67?,68?,69?,70?,71+/m0/s1. The third-order valence-corrected chi connectivity index (χ3v) is 29.7. The van der Waals surface area contributed by atoms with E-state index in [0.717, 1.165) is 131 Å². The van der Waals surface area contributed by atoms with Gasteiger partial charge in [0.05, 0.1) is 24.4 Å². The molecule has 3 nitrogen and oxygen atoms in total. The number of rotatable bonds is 8. The van der Waals surface area contributed by atoms with Gasteiger partial charge in [-0.2, -0.15) is 0 Å². The summed E-state index contributed by atoms with van der Waals surface area (Å²) in [4.78, 5) is 3.30. The molecule has 0 aromatic carbocycles. The van der Waals surface area contributed by atoms with Crippen molar-refractivity contribution in [1.29, 1.82) is 0 Å². The van der Waals surface area contributed by atoms with E-state index in [9.17, 15) is 0 Å². The molecule has 19 atom stereocenters. The predicted octanol–water partition coefficient (Wildman–Crippen LogP) is 19.7. The van der Waals surface area contributed by atoms with Crippen LogP contribution < -0.4 is 0 Å². The normalized spacial score (nSPS) is 49.3. The van der Waals surface area contributed by atoms with E-state index in [1.54, 1.807) is 70.6 Å². The third-order valence-electron chi connectivity index (χ3n) is 29.7. The Hall–Kier alpha value is -0.0551. The highest BCUT2D eigenvalue weighted by atomic mass is 16.5. The molecule has 12 aliphatic carbocycles. The number of hydrogen-bond donors (Lipinski definition) is 0. The molecule has 0 aromatic rings. The summed E-state index contributed by atoms with van der Waals surface area (Å²) in [6.07, 6.45) is 59.3. The molecule has 14 aliphatic rings. The lowest BCUT2D eigenvalue weighted by Gasteiger charge is -2.65. The van der Waals surface area contributed by atoms with Gasteiger partial charge < -0.3 is 9.47 Å². The van der Waals surface area contributed by atoms with Gasteiger partial charge in [-0.25, -0.2) is 0 Å². The highest BCUT2D eigenvalue weighted by molar-refractivity contribution is 6.65. The van der Waals surface area contributed by atoms with Crippen molar-refractivity contribution >= 4 is 6.71 Å². The zero-order valence-corrected chi connectivity index (χ0v) is 51.4. The van der Waals surface area contributed by atoms with Gasteiger partial charge in [0.15, 0.2) is 6.71 Å². The Morgan fingerprint density at radius 3 is 1.27 bits per heavy atom. The van der Waals surface area contributed by atoms with E-state index >= 15 is 0 Å². The summed E-state index contributed by atoms with van der Waals surface area (Å²) < 4.78 is 15.9. The first-order chi connectivity index (χ1) is 37.4. The van der Waals surface area contributed by atoms with Gasteiger partial charge in [0.25, 0.3) is 0 Å². The Morgan fingerprint density at radius 1 is 0.338 bits per heavy atom. The average Bonchev–Trinajstić information content (AvgIpc) is 3.60. The maximum atomic E-state index is 8.00. The summed E-state index contributed by atoms with van der Waals surface area (Å²) in [7, 11) is 0. The molecular weight excluding hydrogens is 934 g/mol. The van der Waals surface area contributed by atoms with E-state index in [4.69, 9.17) is 9.47 Å². The lowest BCUT2D eigenvalue weighted by molar-refractivity contribution is -0.164. The van der Waals surface area contributed by atoms with Gasteiger partial charge in [0.1, 0.15) is 0 Å². The fourth-order valence-corrected chi connectivity index (χ4v) is 25.9. The molecule has 14 fully saturated rings. The fourth-order valence-electron chi connectivity index (χ4n) is 25.9. The summed E-state index contributed by atoms with van der Waals surface area (Å²) in [5, 5.41) is 0. The molecule has 0 aromatic heterocycles. The summed E-state index contributed by atoms with van der Waals surface area (Å²) >= 11 is 0. The smallest absolute Gasteiger partial charge is 0.162 e. The van der Waals surface area contributed by atoms with Gasteiger partial charge in [0, 0.05) is 18.6 Å². The van der Waals surface area contributed by atoms with Crippen molar-refractivity contribution in [1.82, 2.24) is 4.90 Å². The number of nitrogens with zero attached hydrogens (tertiary/aromatic N) is 1. The summed E-state index contributed by atoms with van der Waals surface area (Å²) in [5.41, 5.74) is 0.896. The Labute approximate surface area is 476 Å². The minimum Gasteiger partial charge on any atom is -0.376 e. The van der Waals surface area contributed by atoms with E-state index in [2.05, 4.69) is 46.4 Å². The maximum absolute atomic E-state index is 8.00. The lowest BCUT2D eigenvalue weighted by Crippen LogP contribution is -2.64. The van der Waals surface area contributed by atoms with Gasteiger partial charge >= 0.3 is 0 Å². The van der Waals surface area contributed by atoms with Crippen LogP contribution in [0.4, 0.5) is 0 Å². The van der Waals surface area contributed by atoms with Gasteiger partial charge in [-0.05, 0) is 264 Å². The van der Waals surface area contributed by atoms with Crippen molar-refractivity contribution in [3.63, 3.8) is 0 Å². The van der Waals surface area contributed by atoms with Crippen molar-refractivity contribution in [3.05, 3.63) is 0 Å². The van der Waals surface area contributed by atoms with Crippen LogP contribution in [0, 0.1) is 111 Å². The highest BCUT2D eigenvalue weighted by Crippen LogP contribution is 2.69. The quantitative estimate of drug-likeness (QED) is 0.226. The summed E-state index contributed by atoms with van der Waals surface area (Å²) in [6, 6.07) is 1.66. The largest absolute Gasteiger partial charge is 0.376 e. The number of ether oxygens (including phenoxy) is 2. The Morgan fingerprint density at radius 2 is 0.753 bits per heavy atom. The molecule has 0 radical (unpaired) electrons. The highest BCUT2D eigenvalue weighted by Gasteiger charge is 2.64. The van der Waals surface area contributed by atoms with Crippen LogP contribution in [0.1, 0.15) is 286 Å². The van der Waals surface area contributed by atoms with E-state index in [0.29, 0.717) is 41.1 Å². The fraction of sp³-hybridized carbons (Fsp3) is 1.00. The average molecular weight is 1060 g/mol. The van der Waals surface area contributed by atoms with E-state index in [-0.39, 0.29) is 0 Å². The van der Waals surface area contributed by atoms with Gasteiger partial charge in [-0.1, -0.05) is 151 Å². The van der Waals surface area contributed by atoms with Crippen molar-refractivity contribution in [2.75, 3.05) is 6.54 Å². The molecular formula is C73H122BNO2. The van der Waals surface area contributed by atoms with E-state index < -0.39 is 0 Å². The van der Waals surface area contributed by atoms with Crippen LogP contribution in [-0.2, 0) is 9.47 Å². The van der Waals surface area contributed by atoms with E-state index in [1.165, 1.54) is 180 Å². The second-order valence-electron chi connectivity index (χ2n) is 35.1. The maximum Gasteiger partial charge on any atom is 0.162 e. The van der Waals surface area contributed by atoms with Crippen molar-refractivity contribution in [3.8, 4) is 0 Å². The first-order valence-corrected chi connectivity index (χ1v) is 36.4. The van der Waals surface area contributed by atoms with Gasteiger partial charge in [-0.3, -0.25) is 4.90 Å². The molecule has 2 saturated heterocycles. The third kappa shape index (κ3) is 10.9. The van der Waals surface area contributed by atoms with Crippen molar-refractivity contribution in [2.45, 2.75) is 339 Å². The topological polar surface area (TPSA) is 21.7 Å². The molecule has 434 valence electrons. The monoisotopic (exact) mass is 1060 g/mol. The van der Waals surface area contributed by atoms with Crippen LogP contribution in [0.15, 0.2) is 0 Å². The Kier molecular flexibility index (Phi) is 16.2. The molecule has 12 saturated carbocycles. The number of hydrogen-bond acceptors (Lipinski definition) is 3. The van der Waals surface area contributed by atoms with Crippen LogP contribution in [0.25, 0.3) is 0 Å². The van der Waals surface area contributed by atoms with Crippen LogP contribution in [-0.4, -0.2) is 54.7 Å². The van der Waals surface area contributed by atoms with Crippen LogP contribution in [0.5, 0.6) is 0 Å².